The fourth-order valence-electron chi connectivity index (χ4n) is 0.503. The van der Waals surface area contributed by atoms with Crippen LogP contribution in [0.25, 0.3) is 0 Å². The van der Waals surface area contributed by atoms with Crippen molar-refractivity contribution < 1.29 is 18.0 Å². The highest BCUT2D eigenvalue weighted by atomic mass is 32.2. The summed E-state index contributed by atoms with van der Waals surface area (Å²) < 4.78 is 23.7. The van der Waals surface area contributed by atoms with E-state index in [1.54, 1.807) is 0 Å². The Kier molecular flexibility index (Phi) is 3.87. The lowest BCUT2D eigenvalue weighted by Gasteiger charge is -2.20. The molecule has 0 heterocycles. The van der Waals surface area contributed by atoms with Crippen LogP contribution in [0.3, 0.4) is 0 Å². The maximum atomic E-state index is 11.5. The van der Waals surface area contributed by atoms with Crippen LogP contribution in [0.4, 0.5) is 0 Å². The van der Waals surface area contributed by atoms with Crippen molar-refractivity contribution in [3.63, 3.8) is 0 Å². The third kappa shape index (κ3) is 3.50. The predicted octanol–water partition coefficient (Wildman–Crippen LogP) is -0.648. The van der Waals surface area contributed by atoms with E-state index < -0.39 is 32.5 Å². The molecule has 0 aromatic rings. The highest BCUT2D eigenvalue weighted by Crippen LogP contribution is 2.13. The summed E-state index contributed by atoms with van der Waals surface area (Å²) in [5.41, 5.74) is 4.87. The smallest absolute Gasteiger partial charge is 0.245 e. The molecule has 3 N–H and O–H groups in total. The van der Waals surface area contributed by atoms with Gasteiger partial charge in [0.15, 0.2) is 0 Å². The van der Waals surface area contributed by atoms with Crippen molar-refractivity contribution in [1.29, 1.82) is 0 Å². The van der Waals surface area contributed by atoms with Gasteiger partial charge in [-0.1, -0.05) is 0 Å². The van der Waals surface area contributed by atoms with Crippen LogP contribution in [0.5, 0.6) is 0 Å². The van der Waals surface area contributed by atoms with Gasteiger partial charge >= 0.3 is 0 Å². The monoisotopic (exact) mass is 236 g/mol. The second kappa shape index (κ2) is 4.18. The Morgan fingerprint density at radius 2 is 1.67 bits per heavy atom. The predicted molar refractivity (Wildman–Crippen MR) is 55.2 cm³/mol. The Balaban J connectivity index is 4.79. The molecule has 7 heteroatoms. The van der Waals surface area contributed by atoms with Crippen LogP contribution in [-0.4, -0.2) is 25.0 Å². The van der Waals surface area contributed by atoms with E-state index in [-0.39, 0.29) is 0 Å². The van der Waals surface area contributed by atoms with E-state index in [1.165, 1.54) is 27.7 Å². The zero-order chi connectivity index (χ0) is 12.4. The summed E-state index contributed by atoms with van der Waals surface area (Å²) in [6.45, 7) is 5.57. The van der Waals surface area contributed by atoms with Gasteiger partial charge in [-0.3, -0.25) is 14.3 Å². The fraction of sp³-hybridized carbons (Fsp3) is 0.750. The van der Waals surface area contributed by atoms with Crippen LogP contribution in [0.15, 0.2) is 0 Å². The molecule has 0 saturated carbocycles. The largest absolute Gasteiger partial charge is 0.369 e. The molecule has 6 nitrogen and oxygen atoms in total. The molecule has 0 bridgehead atoms. The molecular weight excluding hydrogens is 220 g/mol. The van der Waals surface area contributed by atoms with Crippen LogP contribution < -0.4 is 10.5 Å². The van der Waals surface area contributed by atoms with Crippen molar-refractivity contribution in [2.75, 3.05) is 0 Å². The number of hydrogen-bond acceptors (Lipinski definition) is 4. The number of amides is 2. The zero-order valence-corrected chi connectivity index (χ0v) is 10.0. The molecule has 0 aliphatic carbocycles. The normalized spacial score (nSPS) is 14.4. The molecule has 0 aromatic heterocycles. The highest BCUT2D eigenvalue weighted by molar-refractivity contribution is 7.91. The molecule has 1 unspecified atom stereocenters. The van der Waals surface area contributed by atoms with Crippen LogP contribution >= 0.6 is 0 Å². The molecule has 2 amide bonds. The topological polar surface area (TPSA) is 106 Å². The minimum atomic E-state index is -3.78. The fourth-order valence-corrected chi connectivity index (χ4v) is 1.25. The lowest BCUT2D eigenvalue weighted by Crippen LogP contribution is -2.46. The van der Waals surface area contributed by atoms with E-state index >= 15 is 0 Å². The number of sulfonamides is 1. The average Bonchev–Trinajstić information content (AvgIpc) is 1.99. The van der Waals surface area contributed by atoms with Crippen molar-refractivity contribution >= 4 is 21.8 Å². The number of nitrogens with two attached hydrogens (primary N) is 1. The second-order valence-corrected chi connectivity index (χ2v) is 6.64. The van der Waals surface area contributed by atoms with E-state index in [1.807, 2.05) is 4.72 Å². The van der Waals surface area contributed by atoms with Gasteiger partial charge in [0, 0.05) is 0 Å². The zero-order valence-electron chi connectivity index (χ0n) is 9.20. The molecule has 0 aliphatic heterocycles. The summed E-state index contributed by atoms with van der Waals surface area (Å²) in [6.07, 6.45) is 0. The first-order valence-corrected chi connectivity index (χ1v) is 5.83. The van der Waals surface area contributed by atoms with E-state index in [4.69, 9.17) is 5.73 Å². The Morgan fingerprint density at radius 1 is 1.27 bits per heavy atom. The number of rotatable bonds is 3. The molecular formula is C8H16N2O4S. The highest BCUT2D eigenvalue weighted by Gasteiger charge is 2.32. The van der Waals surface area contributed by atoms with Gasteiger partial charge in [0.1, 0.15) is 5.92 Å². The maximum absolute atomic E-state index is 11.5. The Labute approximate surface area is 89.3 Å². The number of primary amides is 1. The van der Waals surface area contributed by atoms with Gasteiger partial charge in [0.2, 0.25) is 21.8 Å². The number of carbonyl (C=O) groups excluding carboxylic acids is 2. The minimum absolute atomic E-state index is 0.864. The second-order valence-electron chi connectivity index (χ2n) is 4.21. The molecule has 0 fully saturated rings. The van der Waals surface area contributed by atoms with Gasteiger partial charge in [0.05, 0.1) is 4.75 Å². The summed E-state index contributed by atoms with van der Waals surface area (Å²) >= 11 is 0. The molecule has 0 radical (unpaired) electrons. The van der Waals surface area contributed by atoms with Crippen molar-refractivity contribution in [3.8, 4) is 0 Å². The van der Waals surface area contributed by atoms with Gasteiger partial charge in [-0.05, 0) is 27.7 Å². The van der Waals surface area contributed by atoms with Crippen molar-refractivity contribution in [3.05, 3.63) is 0 Å². The van der Waals surface area contributed by atoms with E-state index in [0.29, 0.717) is 0 Å². The van der Waals surface area contributed by atoms with Crippen LogP contribution in [0, 0.1) is 5.92 Å². The van der Waals surface area contributed by atoms with Crippen LogP contribution in [0.1, 0.15) is 27.7 Å². The van der Waals surface area contributed by atoms with Crippen molar-refractivity contribution in [2.45, 2.75) is 32.4 Å². The Hall–Kier alpha value is -1.11. The van der Waals surface area contributed by atoms with Crippen LogP contribution in [0.2, 0.25) is 0 Å². The molecule has 88 valence electrons. The summed E-state index contributed by atoms with van der Waals surface area (Å²) in [7, 11) is -3.78. The maximum Gasteiger partial charge on any atom is 0.245 e. The SMILES string of the molecule is CC(C(N)=O)C(=O)NS(=O)(=O)C(C)(C)C. The first-order valence-electron chi connectivity index (χ1n) is 4.34. The third-order valence-electron chi connectivity index (χ3n) is 1.86. The minimum Gasteiger partial charge on any atom is -0.369 e. The van der Waals surface area contributed by atoms with Gasteiger partial charge < -0.3 is 5.73 Å². The number of hydrogen-bond donors (Lipinski definition) is 2. The van der Waals surface area contributed by atoms with E-state index in [9.17, 15) is 18.0 Å². The quantitative estimate of drug-likeness (QED) is 0.635. The van der Waals surface area contributed by atoms with Gasteiger partial charge in [0.25, 0.3) is 0 Å². The molecule has 0 spiro atoms. The Morgan fingerprint density at radius 3 is 1.93 bits per heavy atom. The number of carbonyl (C=O) groups is 2. The van der Waals surface area contributed by atoms with Crippen molar-refractivity contribution in [2.24, 2.45) is 11.7 Å². The lowest BCUT2D eigenvalue weighted by molar-refractivity contribution is -0.131. The first kappa shape index (κ1) is 13.9. The average molecular weight is 236 g/mol. The number of nitrogens with one attached hydrogen (secondary N) is 1. The summed E-state index contributed by atoms with van der Waals surface area (Å²) in [5.74, 6) is -2.93. The molecule has 0 aromatic carbocycles. The molecule has 0 aliphatic rings. The van der Waals surface area contributed by atoms with Gasteiger partial charge in [-0.15, -0.1) is 0 Å². The third-order valence-corrected chi connectivity index (χ3v) is 3.94. The molecule has 1 atom stereocenters. The molecule has 0 rings (SSSR count). The van der Waals surface area contributed by atoms with E-state index in [2.05, 4.69) is 0 Å². The lowest BCUT2D eigenvalue weighted by atomic mass is 10.2. The van der Waals surface area contributed by atoms with Crippen LogP contribution in [-0.2, 0) is 19.6 Å². The van der Waals surface area contributed by atoms with Gasteiger partial charge in [-0.25, -0.2) is 8.42 Å². The first-order chi connectivity index (χ1) is 6.49. The summed E-state index contributed by atoms with van der Waals surface area (Å²) in [6, 6.07) is 0. The summed E-state index contributed by atoms with van der Waals surface area (Å²) in [4.78, 5) is 21.9. The molecule has 0 saturated heterocycles. The summed E-state index contributed by atoms with van der Waals surface area (Å²) in [5, 5.41) is 0. The van der Waals surface area contributed by atoms with Gasteiger partial charge in [-0.2, -0.15) is 0 Å². The Bertz CT molecular complexity index is 367. The van der Waals surface area contributed by atoms with E-state index in [0.717, 1.165) is 0 Å². The molecule has 15 heavy (non-hydrogen) atoms. The standard InChI is InChI=1S/C8H16N2O4S/c1-5(6(9)11)7(12)10-15(13,14)8(2,3)4/h5H,1-4H3,(H2,9,11)(H,10,12). The van der Waals surface area contributed by atoms with Crippen molar-refractivity contribution in [1.82, 2.24) is 4.72 Å².